The summed E-state index contributed by atoms with van der Waals surface area (Å²) in [5.41, 5.74) is -1.50. The number of aliphatic carboxylic acids is 1. The summed E-state index contributed by atoms with van der Waals surface area (Å²) in [6.07, 6.45) is 1.77. The van der Waals surface area contributed by atoms with Crippen molar-refractivity contribution in [1.82, 2.24) is 9.71 Å². The van der Waals surface area contributed by atoms with Gasteiger partial charge in [0.1, 0.15) is 0 Å². The van der Waals surface area contributed by atoms with Crippen molar-refractivity contribution in [2.24, 2.45) is 0 Å². The van der Waals surface area contributed by atoms with Crippen molar-refractivity contribution in [2.75, 3.05) is 12.3 Å². The van der Waals surface area contributed by atoms with Crippen LogP contribution in [-0.4, -0.2) is 47.5 Å². The number of carboxylic acid groups (broad SMARTS) is 1. The summed E-state index contributed by atoms with van der Waals surface area (Å²) in [7, 11) is -3.66. The van der Waals surface area contributed by atoms with Gasteiger partial charge in [0.2, 0.25) is 10.0 Å². The largest absolute Gasteiger partial charge is 0.479 e. The van der Waals surface area contributed by atoms with E-state index in [1.165, 1.54) is 0 Å². The molecule has 0 bridgehead atoms. The molecule has 0 amide bonds. The van der Waals surface area contributed by atoms with Gasteiger partial charge in [0.25, 0.3) is 0 Å². The van der Waals surface area contributed by atoms with Crippen LogP contribution < -0.4 is 4.72 Å². The van der Waals surface area contributed by atoms with E-state index in [1.807, 2.05) is 0 Å². The van der Waals surface area contributed by atoms with Crippen LogP contribution >= 0.6 is 0 Å². The Bertz CT molecular complexity index is 527. The number of aliphatic hydroxyl groups is 1. The first-order valence-electron chi connectivity index (χ1n) is 5.56. The monoisotopic (exact) mass is 288 g/mol. The van der Waals surface area contributed by atoms with E-state index in [0.717, 1.165) is 6.92 Å². The third-order valence-corrected chi connectivity index (χ3v) is 3.78. The number of carboxylic acids is 1. The van der Waals surface area contributed by atoms with Gasteiger partial charge < -0.3 is 10.2 Å². The van der Waals surface area contributed by atoms with Crippen LogP contribution in [0.2, 0.25) is 0 Å². The standard InChI is InChI=1S/C11H16N2O5S/c1-11(16,10(14)15)8-13-19(17,18)7-5-9-4-2-3-6-12-9/h2-4,6,13,16H,5,7-8H2,1H3,(H,14,15). The summed E-state index contributed by atoms with van der Waals surface area (Å²) in [5.74, 6) is -1.71. The molecule has 0 radical (unpaired) electrons. The zero-order valence-corrected chi connectivity index (χ0v) is 11.2. The number of nitrogens with zero attached hydrogens (tertiary/aromatic N) is 1. The van der Waals surface area contributed by atoms with E-state index in [-0.39, 0.29) is 12.2 Å². The first kappa shape index (κ1) is 15.5. The Balaban J connectivity index is 2.51. The van der Waals surface area contributed by atoms with Crippen molar-refractivity contribution in [1.29, 1.82) is 0 Å². The highest BCUT2D eigenvalue weighted by atomic mass is 32.2. The second kappa shape index (κ2) is 6.09. The quantitative estimate of drug-likeness (QED) is 0.615. The van der Waals surface area contributed by atoms with Crippen LogP contribution in [0.3, 0.4) is 0 Å². The highest BCUT2D eigenvalue weighted by Gasteiger charge is 2.31. The number of hydrogen-bond acceptors (Lipinski definition) is 5. The number of hydrogen-bond donors (Lipinski definition) is 3. The van der Waals surface area contributed by atoms with Crippen molar-refractivity contribution in [3.8, 4) is 0 Å². The summed E-state index contributed by atoms with van der Waals surface area (Å²) >= 11 is 0. The molecular formula is C11H16N2O5S. The van der Waals surface area contributed by atoms with E-state index in [4.69, 9.17) is 5.11 Å². The average Bonchev–Trinajstić information content (AvgIpc) is 2.36. The Morgan fingerprint density at radius 3 is 2.68 bits per heavy atom. The molecule has 3 N–H and O–H groups in total. The molecule has 106 valence electrons. The van der Waals surface area contributed by atoms with Crippen LogP contribution in [0.25, 0.3) is 0 Å². The number of pyridine rings is 1. The molecule has 19 heavy (non-hydrogen) atoms. The molecular weight excluding hydrogens is 272 g/mol. The molecule has 1 atom stereocenters. The van der Waals surface area contributed by atoms with E-state index < -0.39 is 28.1 Å². The van der Waals surface area contributed by atoms with Gasteiger partial charge in [-0.15, -0.1) is 0 Å². The molecule has 0 saturated heterocycles. The van der Waals surface area contributed by atoms with Gasteiger partial charge in [-0.25, -0.2) is 17.9 Å². The fourth-order valence-electron chi connectivity index (χ4n) is 1.18. The molecule has 0 saturated carbocycles. The summed E-state index contributed by atoms with van der Waals surface area (Å²) in [6.45, 7) is 0.448. The van der Waals surface area contributed by atoms with E-state index in [9.17, 15) is 18.3 Å². The van der Waals surface area contributed by atoms with Gasteiger partial charge in [-0.2, -0.15) is 0 Å². The van der Waals surface area contributed by atoms with Gasteiger partial charge in [0, 0.05) is 24.9 Å². The van der Waals surface area contributed by atoms with Crippen LogP contribution in [0.15, 0.2) is 24.4 Å². The lowest BCUT2D eigenvalue weighted by atomic mass is 10.1. The molecule has 7 nitrogen and oxygen atoms in total. The van der Waals surface area contributed by atoms with Crippen molar-refractivity contribution in [3.05, 3.63) is 30.1 Å². The number of sulfonamides is 1. The molecule has 0 aliphatic rings. The predicted octanol–water partition coefficient (Wildman–Crippen LogP) is -0.621. The Labute approximate surface area is 111 Å². The summed E-state index contributed by atoms with van der Waals surface area (Å²) in [5, 5.41) is 18.1. The fourth-order valence-corrected chi connectivity index (χ4v) is 2.31. The Morgan fingerprint density at radius 2 is 2.16 bits per heavy atom. The van der Waals surface area contributed by atoms with Crippen LogP contribution in [0.4, 0.5) is 0 Å². The van der Waals surface area contributed by atoms with Gasteiger partial charge in [-0.1, -0.05) is 6.07 Å². The molecule has 0 spiro atoms. The second-order valence-electron chi connectivity index (χ2n) is 4.29. The Morgan fingerprint density at radius 1 is 1.47 bits per heavy atom. The second-order valence-corrected chi connectivity index (χ2v) is 6.22. The summed E-state index contributed by atoms with van der Waals surface area (Å²) in [6, 6.07) is 5.17. The topological polar surface area (TPSA) is 117 Å². The Hall–Kier alpha value is -1.51. The fraction of sp³-hybridized carbons (Fsp3) is 0.455. The van der Waals surface area contributed by atoms with E-state index >= 15 is 0 Å². The smallest absolute Gasteiger partial charge is 0.336 e. The minimum absolute atomic E-state index is 0.214. The molecule has 8 heteroatoms. The van der Waals surface area contributed by atoms with Gasteiger partial charge in [-0.3, -0.25) is 4.98 Å². The zero-order valence-electron chi connectivity index (χ0n) is 10.4. The normalized spacial score (nSPS) is 14.8. The minimum Gasteiger partial charge on any atom is -0.479 e. The van der Waals surface area contributed by atoms with Crippen molar-refractivity contribution < 1.29 is 23.4 Å². The highest BCUT2D eigenvalue weighted by Crippen LogP contribution is 2.03. The van der Waals surface area contributed by atoms with Gasteiger partial charge in [-0.05, 0) is 19.1 Å². The first-order chi connectivity index (χ1) is 8.73. The lowest BCUT2D eigenvalue weighted by molar-refractivity contribution is -0.155. The Kier molecular flexibility index (Phi) is 4.98. The van der Waals surface area contributed by atoms with Crippen LogP contribution in [-0.2, 0) is 21.2 Å². The number of nitrogens with one attached hydrogen (secondary N) is 1. The van der Waals surface area contributed by atoms with Crippen molar-refractivity contribution >= 4 is 16.0 Å². The van der Waals surface area contributed by atoms with E-state index in [1.54, 1.807) is 24.4 Å². The molecule has 1 unspecified atom stereocenters. The number of aromatic nitrogens is 1. The van der Waals surface area contributed by atoms with Crippen molar-refractivity contribution in [2.45, 2.75) is 18.9 Å². The predicted molar refractivity (Wildman–Crippen MR) is 68.0 cm³/mol. The first-order valence-corrected chi connectivity index (χ1v) is 7.21. The number of aryl methyl sites for hydroxylation is 1. The number of carbonyl (C=O) groups is 1. The minimum atomic E-state index is -3.66. The molecule has 1 rings (SSSR count). The molecule has 0 aliphatic carbocycles. The third-order valence-electron chi connectivity index (χ3n) is 2.45. The van der Waals surface area contributed by atoms with Gasteiger partial charge in [0.05, 0.1) is 5.75 Å². The number of rotatable bonds is 7. The third kappa shape index (κ3) is 5.33. The molecule has 0 aromatic carbocycles. The highest BCUT2D eigenvalue weighted by molar-refractivity contribution is 7.89. The lowest BCUT2D eigenvalue weighted by Crippen LogP contribution is -2.47. The van der Waals surface area contributed by atoms with Gasteiger partial charge >= 0.3 is 5.97 Å². The molecule has 1 aromatic rings. The molecule has 1 heterocycles. The summed E-state index contributed by atoms with van der Waals surface area (Å²) in [4.78, 5) is 14.6. The van der Waals surface area contributed by atoms with E-state index in [0.29, 0.717) is 5.69 Å². The molecule has 0 fully saturated rings. The maximum absolute atomic E-state index is 11.6. The summed E-state index contributed by atoms with van der Waals surface area (Å²) < 4.78 is 25.3. The SMILES string of the molecule is CC(O)(CNS(=O)(=O)CCc1ccccn1)C(=O)O. The van der Waals surface area contributed by atoms with E-state index in [2.05, 4.69) is 9.71 Å². The molecule has 0 aliphatic heterocycles. The zero-order chi connectivity index (χ0) is 14.5. The van der Waals surface area contributed by atoms with Crippen LogP contribution in [0, 0.1) is 0 Å². The lowest BCUT2D eigenvalue weighted by Gasteiger charge is -2.18. The van der Waals surface area contributed by atoms with Gasteiger partial charge in [0.15, 0.2) is 5.60 Å². The molecule has 1 aromatic heterocycles. The maximum Gasteiger partial charge on any atom is 0.336 e. The average molecular weight is 288 g/mol. The van der Waals surface area contributed by atoms with Crippen LogP contribution in [0.5, 0.6) is 0 Å². The van der Waals surface area contributed by atoms with Crippen molar-refractivity contribution in [3.63, 3.8) is 0 Å². The maximum atomic E-state index is 11.6. The van der Waals surface area contributed by atoms with Crippen LogP contribution in [0.1, 0.15) is 12.6 Å².